The van der Waals surface area contributed by atoms with Crippen molar-refractivity contribution in [3.63, 3.8) is 0 Å². The number of hydrogen-bond acceptors (Lipinski definition) is 4. The van der Waals surface area contributed by atoms with E-state index in [1.54, 1.807) is 6.20 Å². The highest BCUT2D eigenvalue weighted by atomic mass is 15.6. The molecule has 68 valence electrons. The van der Waals surface area contributed by atoms with Crippen LogP contribution in [-0.2, 0) is 0 Å². The summed E-state index contributed by atoms with van der Waals surface area (Å²) in [5.74, 6) is 5.66. The first-order valence-electron chi connectivity index (χ1n) is 4.20. The molecule has 0 aliphatic carbocycles. The Bertz CT molecular complexity index is 613. The molecule has 3 aromatic rings. The minimum absolute atomic E-state index is 0.714. The summed E-state index contributed by atoms with van der Waals surface area (Å²) in [5, 5.41) is 8.61. The predicted octanol–water partition coefficient (Wildman–Crippen LogP) is 0.693. The highest BCUT2D eigenvalue weighted by molar-refractivity contribution is 6.01. The van der Waals surface area contributed by atoms with E-state index >= 15 is 0 Å². The minimum atomic E-state index is 0.714. The molecule has 0 unspecified atom stereocenters. The van der Waals surface area contributed by atoms with E-state index in [9.17, 15) is 0 Å². The zero-order chi connectivity index (χ0) is 9.54. The number of para-hydroxylation sites is 1. The van der Waals surface area contributed by atoms with Crippen molar-refractivity contribution in [2.24, 2.45) is 0 Å². The van der Waals surface area contributed by atoms with Crippen molar-refractivity contribution in [1.82, 2.24) is 20.1 Å². The van der Waals surface area contributed by atoms with E-state index in [-0.39, 0.29) is 0 Å². The van der Waals surface area contributed by atoms with Crippen LogP contribution in [0.2, 0.25) is 0 Å². The number of pyridine rings is 1. The van der Waals surface area contributed by atoms with Crippen molar-refractivity contribution in [3.05, 3.63) is 30.5 Å². The summed E-state index contributed by atoms with van der Waals surface area (Å²) in [7, 11) is 0. The van der Waals surface area contributed by atoms with Crippen LogP contribution in [0.25, 0.3) is 21.9 Å². The Morgan fingerprint density at radius 3 is 2.93 bits per heavy atom. The van der Waals surface area contributed by atoms with Gasteiger partial charge in [0, 0.05) is 5.39 Å². The zero-order valence-corrected chi connectivity index (χ0v) is 7.25. The van der Waals surface area contributed by atoms with Gasteiger partial charge in [-0.2, -0.15) is 4.79 Å². The van der Waals surface area contributed by atoms with E-state index in [1.807, 2.05) is 24.3 Å². The molecular formula is C9H7N5. The van der Waals surface area contributed by atoms with Crippen molar-refractivity contribution < 1.29 is 0 Å². The number of nitrogen functional groups attached to an aromatic ring is 1. The lowest BCUT2D eigenvalue weighted by Gasteiger charge is -1.98. The van der Waals surface area contributed by atoms with E-state index in [0.717, 1.165) is 16.4 Å². The first kappa shape index (κ1) is 7.25. The van der Waals surface area contributed by atoms with Crippen molar-refractivity contribution in [2.45, 2.75) is 0 Å². The normalized spacial score (nSPS) is 11.1. The summed E-state index contributed by atoms with van der Waals surface area (Å²) >= 11 is 0. The van der Waals surface area contributed by atoms with Gasteiger partial charge in [0.25, 0.3) is 0 Å². The van der Waals surface area contributed by atoms with Crippen LogP contribution in [0.1, 0.15) is 0 Å². The molecule has 0 spiro atoms. The van der Waals surface area contributed by atoms with Gasteiger partial charge in [0.2, 0.25) is 0 Å². The number of nitrogens with two attached hydrogens (primary N) is 1. The van der Waals surface area contributed by atoms with Crippen molar-refractivity contribution in [2.75, 3.05) is 5.84 Å². The first-order valence-corrected chi connectivity index (χ1v) is 4.20. The third kappa shape index (κ3) is 0.806. The van der Waals surface area contributed by atoms with E-state index < -0.39 is 0 Å². The van der Waals surface area contributed by atoms with E-state index in [4.69, 9.17) is 5.84 Å². The standard InChI is InChI=1S/C9H7N5/c10-14-9-6-3-1-2-4-7(6)11-5-8(9)12-13-14/h1-5H,10H2. The third-order valence-corrected chi connectivity index (χ3v) is 2.21. The highest BCUT2D eigenvalue weighted by Crippen LogP contribution is 2.19. The lowest BCUT2D eigenvalue weighted by Crippen LogP contribution is -2.09. The average Bonchev–Trinajstić information content (AvgIpc) is 2.61. The van der Waals surface area contributed by atoms with E-state index in [2.05, 4.69) is 15.3 Å². The number of fused-ring (bicyclic) bond motifs is 3. The van der Waals surface area contributed by atoms with Crippen LogP contribution >= 0.6 is 0 Å². The minimum Gasteiger partial charge on any atom is -0.321 e. The number of nitrogens with zero attached hydrogens (tertiary/aromatic N) is 4. The monoisotopic (exact) mass is 185 g/mol. The average molecular weight is 185 g/mol. The summed E-state index contributed by atoms with van der Waals surface area (Å²) in [4.78, 5) is 5.53. The van der Waals surface area contributed by atoms with Gasteiger partial charge in [-0.25, -0.2) is 0 Å². The van der Waals surface area contributed by atoms with E-state index in [1.165, 1.54) is 4.79 Å². The molecule has 0 fully saturated rings. The summed E-state index contributed by atoms with van der Waals surface area (Å²) in [6.07, 6.45) is 1.67. The van der Waals surface area contributed by atoms with Crippen LogP contribution < -0.4 is 5.84 Å². The summed E-state index contributed by atoms with van der Waals surface area (Å²) in [6, 6.07) is 7.77. The molecule has 0 aliphatic heterocycles. The second kappa shape index (κ2) is 2.41. The Hall–Kier alpha value is -2.17. The quantitative estimate of drug-likeness (QED) is 0.523. The van der Waals surface area contributed by atoms with Gasteiger partial charge < -0.3 is 5.84 Å². The molecule has 2 heterocycles. The number of benzene rings is 1. The topological polar surface area (TPSA) is 69.6 Å². The first-order chi connectivity index (χ1) is 6.86. The third-order valence-electron chi connectivity index (χ3n) is 2.21. The molecule has 14 heavy (non-hydrogen) atoms. The molecule has 2 aromatic heterocycles. The van der Waals surface area contributed by atoms with Gasteiger partial charge in [-0.3, -0.25) is 4.98 Å². The van der Waals surface area contributed by atoms with Gasteiger partial charge in [-0.15, -0.1) is 5.10 Å². The second-order valence-corrected chi connectivity index (χ2v) is 3.04. The molecule has 0 saturated carbocycles. The van der Waals surface area contributed by atoms with Gasteiger partial charge >= 0.3 is 0 Å². The largest absolute Gasteiger partial charge is 0.321 e. The zero-order valence-electron chi connectivity index (χ0n) is 7.25. The highest BCUT2D eigenvalue weighted by Gasteiger charge is 2.06. The molecule has 0 amide bonds. The Balaban J connectivity index is 2.65. The molecular weight excluding hydrogens is 178 g/mol. The van der Waals surface area contributed by atoms with Crippen LogP contribution in [0, 0.1) is 0 Å². The van der Waals surface area contributed by atoms with Crippen LogP contribution in [0.4, 0.5) is 0 Å². The molecule has 3 rings (SSSR count). The fourth-order valence-corrected chi connectivity index (χ4v) is 1.57. The fraction of sp³-hybridized carbons (Fsp3) is 0. The smallest absolute Gasteiger partial charge is 0.134 e. The van der Waals surface area contributed by atoms with Gasteiger partial charge in [0.15, 0.2) is 0 Å². The van der Waals surface area contributed by atoms with Crippen LogP contribution in [0.3, 0.4) is 0 Å². The maximum Gasteiger partial charge on any atom is 0.134 e. The Morgan fingerprint density at radius 2 is 2.00 bits per heavy atom. The fourth-order valence-electron chi connectivity index (χ4n) is 1.57. The Labute approximate surface area is 79.1 Å². The summed E-state index contributed by atoms with van der Waals surface area (Å²) in [6.45, 7) is 0. The Morgan fingerprint density at radius 1 is 1.14 bits per heavy atom. The van der Waals surface area contributed by atoms with Crippen LogP contribution in [0.5, 0.6) is 0 Å². The Kier molecular flexibility index (Phi) is 1.25. The lowest BCUT2D eigenvalue weighted by molar-refractivity contribution is 0.788. The summed E-state index contributed by atoms with van der Waals surface area (Å²) < 4.78 is 0. The maximum atomic E-state index is 5.66. The molecule has 5 nitrogen and oxygen atoms in total. The molecule has 0 radical (unpaired) electrons. The molecule has 0 aliphatic rings. The maximum absolute atomic E-state index is 5.66. The second-order valence-electron chi connectivity index (χ2n) is 3.04. The van der Waals surface area contributed by atoms with Gasteiger partial charge in [0.1, 0.15) is 11.0 Å². The molecule has 2 N–H and O–H groups in total. The molecule has 5 heteroatoms. The number of hydrogen-bond donors (Lipinski definition) is 1. The van der Waals surface area contributed by atoms with Crippen LogP contribution in [-0.4, -0.2) is 20.1 Å². The van der Waals surface area contributed by atoms with Gasteiger partial charge in [0.05, 0.1) is 11.7 Å². The van der Waals surface area contributed by atoms with E-state index in [0.29, 0.717) is 5.52 Å². The molecule has 1 aromatic carbocycles. The molecule has 0 atom stereocenters. The SMILES string of the molecule is Nn1nnc2cnc3ccccc3c21. The predicted molar refractivity (Wildman–Crippen MR) is 53.0 cm³/mol. The van der Waals surface area contributed by atoms with Gasteiger partial charge in [-0.1, -0.05) is 18.2 Å². The lowest BCUT2D eigenvalue weighted by atomic mass is 10.2. The number of aromatic nitrogens is 4. The summed E-state index contributed by atoms with van der Waals surface area (Å²) in [5.41, 5.74) is 2.43. The van der Waals surface area contributed by atoms with Crippen LogP contribution in [0.15, 0.2) is 30.5 Å². The van der Waals surface area contributed by atoms with Gasteiger partial charge in [-0.05, 0) is 11.3 Å². The molecule has 0 bridgehead atoms. The van der Waals surface area contributed by atoms with Crippen molar-refractivity contribution >= 4 is 21.9 Å². The number of rotatable bonds is 0. The molecule has 0 saturated heterocycles. The van der Waals surface area contributed by atoms with Crippen molar-refractivity contribution in [1.29, 1.82) is 0 Å². The van der Waals surface area contributed by atoms with Crippen molar-refractivity contribution in [3.8, 4) is 0 Å².